The van der Waals surface area contributed by atoms with E-state index in [4.69, 9.17) is 0 Å². The van der Waals surface area contributed by atoms with Crippen molar-refractivity contribution in [2.24, 2.45) is 0 Å². The highest BCUT2D eigenvalue weighted by molar-refractivity contribution is 14.1. The highest BCUT2D eigenvalue weighted by Crippen LogP contribution is 2.49. The summed E-state index contributed by atoms with van der Waals surface area (Å²) in [6.45, 7) is 0. The van der Waals surface area contributed by atoms with Crippen molar-refractivity contribution in [1.29, 1.82) is 0 Å². The zero-order chi connectivity index (χ0) is 11.9. The van der Waals surface area contributed by atoms with E-state index in [0.717, 1.165) is 0 Å². The minimum absolute atomic E-state index is 0.151. The van der Waals surface area contributed by atoms with Gasteiger partial charge in [0.15, 0.2) is 21.2 Å². The van der Waals surface area contributed by atoms with Gasteiger partial charge in [0.1, 0.15) is 0 Å². The molecule has 1 aromatic carbocycles. The number of aldehydes is 1. The molecule has 5 heteroatoms. The minimum atomic E-state index is -1.49. The molecule has 4 nitrogen and oxygen atoms in total. The van der Waals surface area contributed by atoms with Crippen molar-refractivity contribution in [3.63, 3.8) is 0 Å². The number of halogens is 1. The van der Waals surface area contributed by atoms with Crippen molar-refractivity contribution >= 4 is 40.4 Å². The van der Waals surface area contributed by atoms with E-state index in [1.165, 1.54) is 0 Å². The summed E-state index contributed by atoms with van der Waals surface area (Å²) in [7, 11) is 0. The first-order valence-electron chi connectivity index (χ1n) is 4.44. The van der Waals surface area contributed by atoms with Gasteiger partial charge in [-0.3, -0.25) is 9.59 Å². The van der Waals surface area contributed by atoms with Crippen LogP contribution in [0.1, 0.15) is 11.1 Å². The molecule has 0 bridgehead atoms. The molecule has 1 atom stereocenters. The molecule has 16 heavy (non-hydrogen) atoms. The van der Waals surface area contributed by atoms with E-state index in [2.05, 4.69) is 0 Å². The van der Waals surface area contributed by atoms with E-state index in [9.17, 15) is 19.8 Å². The van der Waals surface area contributed by atoms with Crippen LogP contribution in [0.5, 0.6) is 0 Å². The summed E-state index contributed by atoms with van der Waals surface area (Å²) >= 11 is 1.68. The van der Waals surface area contributed by atoms with Crippen molar-refractivity contribution in [1.82, 2.24) is 0 Å². The summed E-state index contributed by atoms with van der Waals surface area (Å²) in [5.41, 5.74) is 0.812. The molecule has 0 aliphatic heterocycles. The van der Waals surface area contributed by atoms with Crippen LogP contribution in [-0.2, 0) is 13.0 Å². The maximum atomic E-state index is 11.6. The third-order valence-electron chi connectivity index (χ3n) is 2.55. The SMILES string of the molecule is O=CC(=O)C1(I)C(O)=C(O)c2ccccc21. The Morgan fingerprint density at radius 3 is 2.56 bits per heavy atom. The Morgan fingerprint density at radius 1 is 1.31 bits per heavy atom. The fourth-order valence-corrected chi connectivity index (χ4v) is 2.59. The molecule has 2 N–H and O–H groups in total. The first kappa shape index (κ1) is 11.1. The van der Waals surface area contributed by atoms with Crippen LogP contribution in [0.25, 0.3) is 5.76 Å². The van der Waals surface area contributed by atoms with Crippen LogP contribution in [0.4, 0.5) is 0 Å². The van der Waals surface area contributed by atoms with E-state index >= 15 is 0 Å². The topological polar surface area (TPSA) is 74.6 Å². The molecule has 0 heterocycles. The van der Waals surface area contributed by atoms with E-state index < -0.39 is 15.0 Å². The number of carbonyl (C=O) groups is 2. The van der Waals surface area contributed by atoms with Gasteiger partial charge in [-0.1, -0.05) is 46.9 Å². The molecule has 0 fully saturated rings. The molecule has 1 aliphatic rings. The van der Waals surface area contributed by atoms with Crippen LogP contribution in [0.3, 0.4) is 0 Å². The Bertz CT molecular complexity index is 520. The smallest absolute Gasteiger partial charge is 0.223 e. The van der Waals surface area contributed by atoms with E-state index in [-0.39, 0.29) is 12.0 Å². The first-order chi connectivity index (χ1) is 7.53. The summed E-state index contributed by atoms with van der Waals surface area (Å²) in [5.74, 6) is -1.62. The number of carbonyl (C=O) groups excluding carboxylic acids is 2. The van der Waals surface area contributed by atoms with Gasteiger partial charge in [0.05, 0.1) is 0 Å². The zero-order valence-electron chi connectivity index (χ0n) is 7.98. The highest BCUT2D eigenvalue weighted by atomic mass is 127. The molecule has 1 aromatic rings. The minimum Gasteiger partial charge on any atom is -0.506 e. The number of aliphatic hydroxyl groups is 2. The van der Waals surface area contributed by atoms with Gasteiger partial charge >= 0.3 is 0 Å². The molecule has 82 valence electrons. The van der Waals surface area contributed by atoms with Crippen molar-refractivity contribution < 1.29 is 19.8 Å². The summed E-state index contributed by atoms with van der Waals surface area (Å²) < 4.78 is -1.49. The monoisotopic (exact) mass is 330 g/mol. The molecule has 0 spiro atoms. The van der Waals surface area contributed by atoms with Crippen LogP contribution in [0.2, 0.25) is 0 Å². The lowest BCUT2D eigenvalue weighted by Gasteiger charge is -2.18. The normalized spacial score (nSPS) is 23.1. The standard InChI is InChI=1S/C11H7IO4/c12-11(8(14)5-13)7-4-2-1-3-6(7)9(15)10(11)16/h1-5,15-16H. The molecule has 1 unspecified atom stereocenters. The number of hydrogen-bond acceptors (Lipinski definition) is 4. The van der Waals surface area contributed by atoms with Crippen molar-refractivity contribution in [2.45, 2.75) is 3.42 Å². The van der Waals surface area contributed by atoms with Crippen LogP contribution in [0, 0.1) is 0 Å². The van der Waals surface area contributed by atoms with Crippen LogP contribution in [-0.4, -0.2) is 22.3 Å². The molecular formula is C11H7IO4. The average molecular weight is 330 g/mol. The fourth-order valence-electron chi connectivity index (χ4n) is 1.74. The average Bonchev–Trinajstić information content (AvgIpc) is 2.52. The second-order valence-electron chi connectivity index (χ2n) is 3.38. The highest BCUT2D eigenvalue weighted by Gasteiger charge is 2.49. The molecule has 2 rings (SSSR count). The second-order valence-corrected chi connectivity index (χ2v) is 5.00. The second kappa shape index (κ2) is 3.58. The third-order valence-corrected chi connectivity index (χ3v) is 4.17. The molecule has 0 aromatic heterocycles. The lowest BCUT2D eigenvalue weighted by molar-refractivity contribution is -0.131. The lowest BCUT2D eigenvalue weighted by Crippen LogP contribution is -2.30. The molecule has 0 radical (unpaired) electrons. The van der Waals surface area contributed by atoms with Gasteiger partial charge < -0.3 is 10.2 Å². The fraction of sp³-hybridized carbons (Fsp3) is 0.0909. The van der Waals surface area contributed by atoms with Gasteiger partial charge in [-0.25, -0.2) is 0 Å². The number of alkyl halides is 1. The molecule has 0 saturated heterocycles. The van der Waals surface area contributed by atoms with Gasteiger partial charge in [-0.15, -0.1) is 0 Å². The van der Waals surface area contributed by atoms with Gasteiger partial charge in [0.2, 0.25) is 5.78 Å². The van der Waals surface area contributed by atoms with Gasteiger partial charge in [-0.05, 0) is 5.56 Å². The number of aliphatic hydroxyl groups excluding tert-OH is 2. The Morgan fingerprint density at radius 2 is 1.94 bits per heavy atom. The Labute approximate surface area is 105 Å². The number of Topliss-reactive ketones (excluding diaryl/α,β-unsaturated/α-hetero) is 1. The number of rotatable bonds is 2. The lowest BCUT2D eigenvalue weighted by atomic mass is 9.96. The number of benzene rings is 1. The van der Waals surface area contributed by atoms with Crippen LogP contribution < -0.4 is 0 Å². The van der Waals surface area contributed by atoms with Gasteiger partial charge in [0, 0.05) is 5.56 Å². The number of hydrogen-bond donors (Lipinski definition) is 2. The predicted octanol–water partition coefficient (Wildman–Crippen LogP) is 1.88. The summed E-state index contributed by atoms with van der Waals surface area (Å²) in [6, 6.07) is 6.54. The van der Waals surface area contributed by atoms with E-state index in [1.54, 1.807) is 46.9 Å². The van der Waals surface area contributed by atoms with E-state index in [1.807, 2.05) is 0 Å². The molecule has 0 amide bonds. The number of allylic oxidation sites excluding steroid dienone is 1. The quantitative estimate of drug-likeness (QED) is 0.376. The Kier molecular flexibility index (Phi) is 2.49. The molecule has 0 saturated carbocycles. The molecule has 1 aliphatic carbocycles. The summed E-state index contributed by atoms with van der Waals surface area (Å²) in [5, 5.41) is 19.5. The maximum Gasteiger partial charge on any atom is 0.223 e. The maximum absolute atomic E-state index is 11.6. The third kappa shape index (κ3) is 1.21. The van der Waals surface area contributed by atoms with E-state index in [0.29, 0.717) is 11.1 Å². The van der Waals surface area contributed by atoms with Crippen molar-refractivity contribution in [2.75, 3.05) is 0 Å². The summed E-state index contributed by atoms with van der Waals surface area (Å²) in [4.78, 5) is 22.2. The Hall–Kier alpha value is -1.37. The molecular weight excluding hydrogens is 323 g/mol. The zero-order valence-corrected chi connectivity index (χ0v) is 10.1. The first-order valence-corrected chi connectivity index (χ1v) is 5.52. The largest absolute Gasteiger partial charge is 0.506 e. The van der Waals surface area contributed by atoms with Gasteiger partial charge in [0.25, 0.3) is 0 Å². The van der Waals surface area contributed by atoms with Crippen molar-refractivity contribution in [3.8, 4) is 0 Å². The Balaban J connectivity index is 2.75. The van der Waals surface area contributed by atoms with Crippen molar-refractivity contribution in [3.05, 3.63) is 41.2 Å². The predicted molar refractivity (Wildman–Crippen MR) is 65.4 cm³/mol. The van der Waals surface area contributed by atoms with Crippen LogP contribution in [0.15, 0.2) is 30.0 Å². The number of ketones is 1. The number of fused-ring (bicyclic) bond motifs is 1. The summed E-state index contributed by atoms with van der Waals surface area (Å²) in [6.07, 6.45) is 0.151. The van der Waals surface area contributed by atoms with Gasteiger partial charge in [-0.2, -0.15) is 0 Å². The van der Waals surface area contributed by atoms with Crippen LogP contribution >= 0.6 is 22.6 Å².